The number of allylic oxidation sites excluding steroid dienone is 2. The highest BCUT2D eigenvalue weighted by molar-refractivity contribution is 6.34. The van der Waals surface area contributed by atoms with Gasteiger partial charge in [-0.25, -0.2) is 4.39 Å². The van der Waals surface area contributed by atoms with E-state index in [2.05, 4.69) is 0 Å². The molecule has 28 heavy (non-hydrogen) atoms. The van der Waals surface area contributed by atoms with E-state index in [-0.39, 0.29) is 22.9 Å². The van der Waals surface area contributed by atoms with Gasteiger partial charge in [0.25, 0.3) is 0 Å². The first-order chi connectivity index (χ1) is 12.9. The fraction of sp³-hybridized carbons (Fsp3) is 0.333. The summed E-state index contributed by atoms with van der Waals surface area (Å²) in [5, 5.41) is 10.9. The highest BCUT2D eigenvalue weighted by atomic mass is 19.1. The van der Waals surface area contributed by atoms with E-state index in [1.165, 1.54) is 6.07 Å². The van der Waals surface area contributed by atoms with Crippen molar-refractivity contribution in [3.8, 4) is 11.1 Å². The molecule has 0 aliphatic heterocycles. The minimum absolute atomic E-state index is 0.168. The van der Waals surface area contributed by atoms with E-state index in [9.17, 15) is 19.1 Å². The van der Waals surface area contributed by atoms with Gasteiger partial charge >= 0.3 is 0 Å². The van der Waals surface area contributed by atoms with Crippen molar-refractivity contribution in [1.82, 2.24) is 0 Å². The van der Waals surface area contributed by atoms with Crippen LogP contribution >= 0.6 is 0 Å². The number of aryl methyl sites for hydroxylation is 2. The molecule has 1 aliphatic rings. The summed E-state index contributed by atoms with van der Waals surface area (Å²) < 4.78 is 14.0. The van der Waals surface area contributed by atoms with Gasteiger partial charge in [0.1, 0.15) is 11.6 Å². The molecule has 0 radical (unpaired) electrons. The monoisotopic (exact) mass is 380 g/mol. The molecule has 0 saturated heterocycles. The maximum absolute atomic E-state index is 14.0. The SMILES string of the molecule is Cc1ccc(-c2ccc(C)c(C3=C(O)C(C)(C)C(=O)C(C)(C)C3=O)c2)cc1F. The summed E-state index contributed by atoms with van der Waals surface area (Å²) in [5.74, 6) is -1.22. The van der Waals surface area contributed by atoms with Gasteiger partial charge in [-0.1, -0.05) is 24.3 Å². The molecule has 4 heteroatoms. The number of carbonyl (C=O) groups excluding carboxylic acids is 2. The van der Waals surface area contributed by atoms with Crippen LogP contribution in [0.25, 0.3) is 16.7 Å². The van der Waals surface area contributed by atoms with Gasteiger partial charge in [0.05, 0.1) is 16.4 Å². The second kappa shape index (κ2) is 6.40. The molecule has 0 heterocycles. The van der Waals surface area contributed by atoms with E-state index < -0.39 is 16.6 Å². The Morgan fingerprint density at radius 1 is 0.821 bits per heavy atom. The first-order valence-electron chi connectivity index (χ1n) is 9.30. The molecule has 146 valence electrons. The highest BCUT2D eigenvalue weighted by Gasteiger charge is 2.53. The molecule has 0 saturated carbocycles. The molecule has 0 aromatic heterocycles. The minimum Gasteiger partial charge on any atom is -0.510 e. The van der Waals surface area contributed by atoms with Gasteiger partial charge in [-0.05, 0) is 81.5 Å². The van der Waals surface area contributed by atoms with Gasteiger partial charge in [-0.2, -0.15) is 0 Å². The molecule has 0 fully saturated rings. The lowest BCUT2D eigenvalue weighted by atomic mass is 9.62. The van der Waals surface area contributed by atoms with Gasteiger partial charge in [0.15, 0.2) is 11.6 Å². The van der Waals surface area contributed by atoms with Crippen molar-refractivity contribution in [2.75, 3.05) is 0 Å². The van der Waals surface area contributed by atoms with E-state index >= 15 is 0 Å². The lowest BCUT2D eigenvalue weighted by molar-refractivity contribution is -0.143. The predicted molar refractivity (Wildman–Crippen MR) is 108 cm³/mol. The van der Waals surface area contributed by atoms with E-state index in [1.54, 1.807) is 46.8 Å². The summed E-state index contributed by atoms with van der Waals surface area (Å²) in [6.45, 7) is 10.0. The molecule has 1 N–H and O–H groups in total. The molecule has 3 nitrogen and oxygen atoms in total. The third-order valence-electron chi connectivity index (χ3n) is 5.77. The average molecular weight is 380 g/mol. The van der Waals surface area contributed by atoms with Gasteiger partial charge < -0.3 is 5.11 Å². The van der Waals surface area contributed by atoms with Crippen LogP contribution in [-0.4, -0.2) is 16.7 Å². The number of ketones is 2. The zero-order chi connectivity index (χ0) is 21.0. The molecule has 3 rings (SSSR count). The van der Waals surface area contributed by atoms with Crippen molar-refractivity contribution in [1.29, 1.82) is 0 Å². The van der Waals surface area contributed by atoms with Crippen molar-refractivity contribution in [3.63, 3.8) is 0 Å². The third kappa shape index (κ3) is 2.88. The van der Waals surface area contributed by atoms with Crippen molar-refractivity contribution in [2.45, 2.75) is 41.5 Å². The number of carbonyl (C=O) groups is 2. The van der Waals surface area contributed by atoms with Gasteiger partial charge in [-0.15, -0.1) is 0 Å². The fourth-order valence-electron chi connectivity index (χ4n) is 3.82. The van der Waals surface area contributed by atoms with Crippen LogP contribution in [0.15, 0.2) is 42.2 Å². The quantitative estimate of drug-likeness (QED) is 0.692. The Bertz CT molecular complexity index is 1040. The smallest absolute Gasteiger partial charge is 0.179 e. The molecule has 1 aliphatic carbocycles. The lowest BCUT2D eigenvalue weighted by Crippen LogP contribution is -2.48. The number of benzene rings is 2. The van der Waals surface area contributed by atoms with Crippen LogP contribution in [0.4, 0.5) is 4.39 Å². The summed E-state index contributed by atoms with van der Waals surface area (Å²) >= 11 is 0. The van der Waals surface area contributed by atoms with Crippen LogP contribution in [0.5, 0.6) is 0 Å². The Balaban J connectivity index is 2.25. The Hall–Kier alpha value is -2.75. The Morgan fingerprint density at radius 2 is 1.36 bits per heavy atom. The van der Waals surface area contributed by atoms with Crippen LogP contribution in [0.3, 0.4) is 0 Å². The zero-order valence-corrected chi connectivity index (χ0v) is 17.1. The van der Waals surface area contributed by atoms with E-state index in [1.807, 2.05) is 25.1 Å². The maximum Gasteiger partial charge on any atom is 0.179 e. The van der Waals surface area contributed by atoms with Crippen LogP contribution in [0.1, 0.15) is 44.4 Å². The maximum atomic E-state index is 14.0. The minimum atomic E-state index is -1.23. The zero-order valence-electron chi connectivity index (χ0n) is 17.1. The van der Waals surface area contributed by atoms with Gasteiger partial charge in [0, 0.05) is 0 Å². The van der Waals surface area contributed by atoms with E-state index in [4.69, 9.17) is 0 Å². The molecule has 2 aromatic rings. The molecule has 0 bridgehead atoms. The van der Waals surface area contributed by atoms with Crippen LogP contribution in [0.2, 0.25) is 0 Å². The highest BCUT2D eigenvalue weighted by Crippen LogP contribution is 2.47. The molecule has 0 atom stereocenters. The molecule has 0 spiro atoms. The van der Waals surface area contributed by atoms with Gasteiger partial charge in [0.2, 0.25) is 0 Å². The van der Waals surface area contributed by atoms with Crippen LogP contribution in [-0.2, 0) is 9.59 Å². The number of aliphatic hydroxyl groups excluding tert-OH is 1. The Labute approximate surface area is 164 Å². The third-order valence-corrected chi connectivity index (χ3v) is 5.77. The standard InChI is InChI=1S/C24H25FO3/c1-13-7-9-15(16-10-8-14(2)18(25)12-16)11-17(13)19-20(26)23(3,4)22(28)24(5,6)21(19)27/h7-12,26H,1-6H3. The first-order valence-corrected chi connectivity index (χ1v) is 9.30. The van der Waals surface area contributed by atoms with Crippen molar-refractivity contribution in [3.05, 3.63) is 64.7 Å². The Kier molecular flexibility index (Phi) is 4.57. The van der Waals surface area contributed by atoms with Gasteiger partial charge in [-0.3, -0.25) is 9.59 Å². The first kappa shape index (κ1) is 20.0. The van der Waals surface area contributed by atoms with Crippen molar-refractivity contribution in [2.24, 2.45) is 10.8 Å². The summed E-state index contributed by atoms with van der Waals surface area (Å²) in [4.78, 5) is 25.9. The second-order valence-electron chi connectivity index (χ2n) is 8.63. The molecule has 0 unspecified atom stereocenters. The number of rotatable bonds is 2. The summed E-state index contributed by atoms with van der Waals surface area (Å²) in [7, 11) is 0. The molecule has 0 amide bonds. The predicted octanol–water partition coefficient (Wildman–Crippen LogP) is 5.58. The average Bonchev–Trinajstić information content (AvgIpc) is 2.63. The number of halogens is 1. The number of hydrogen-bond acceptors (Lipinski definition) is 3. The number of hydrogen-bond donors (Lipinski definition) is 1. The lowest BCUT2D eigenvalue weighted by Gasteiger charge is -2.38. The van der Waals surface area contributed by atoms with Crippen LogP contribution < -0.4 is 0 Å². The molecular formula is C24H25FO3. The van der Waals surface area contributed by atoms with Crippen molar-refractivity contribution < 1.29 is 19.1 Å². The van der Waals surface area contributed by atoms with E-state index in [0.29, 0.717) is 16.7 Å². The summed E-state index contributed by atoms with van der Waals surface area (Å²) in [5.41, 5.74) is 1.11. The molecule has 2 aromatic carbocycles. The summed E-state index contributed by atoms with van der Waals surface area (Å²) in [6, 6.07) is 10.5. The van der Waals surface area contributed by atoms with Crippen LogP contribution in [0, 0.1) is 30.5 Å². The second-order valence-corrected chi connectivity index (χ2v) is 8.63. The summed E-state index contributed by atoms with van der Waals surface area (Å²) in [6.07, 6.45) is 0. The normalized spacial score (nSPS) is 18.5. The topological polar surface area (TPSA) is 54.4 Å². The number of aliphatic hydroxyl groups is 1. The fourth-order valence-corrected chi connectivity index (χ4v) is 3.82. The molecular weight excluding hydrogens is 355 g/mol. The van der Waals surface area contributed by atoms with E-state index in [0.717, 1.165) is 11.1 Å². The Morgan fingerprint density at radius 3 is 1.93 bits per heavy atom. The largest absolute Gasteiger partial charge is 0.510 e. The van der Waals surface area contributed by atoms with Crippen molar-refractivity contribution >= 4 is 17.1 Å². The number of Topliss-reactive ketones (excluding diaryl/α,β-unsaturated/α-hetero) is 2.